The molecule has 2 heterocycles. The van der Waals surface area contributed by atoms with Gasteiger partial charge in [-0.2, -0.15) is 5.10 Å². The Kier molecular flexibility index (Phi) is 7.28. The summed E-state index contributed by atoms with van der Waals surface area (Å²) in [5.74, 6) is -0.724. The topological polar surface area (TPSA) is 75.4 Å². The van der Waals surface area contributed by atoms with E-state index in [4.69, 9.17) is 0 Å². The largest absolute Gasteiger partial charge is 0.390 e. The molecule has 1 aliphatic heterocycles. The fourth-order valence-electron chi connectivity index (χ4n) is 5.33. The lowest BCUT2D eigenvalue weighted by molar-refractivity contribution is 0.0430. The molecule has 3 aromatic carbocycles. The predicted octanol–water partition coefficient (Wildman–Crippen LogP) is 4.40. The monoisotopic (exact) mass is 493 g/mol. The molecule has 1 saturated heterocycles. The number of aryl methyl sites for hydroxylation is 1. The fourth-order valence-corrected chi connectivity index (χ4v) is 5.33. The SMILES string of the molecule is Cc1cn(Cc2ccccc2)nc(C(=O)N2CCC[C@H]2[C@H](O)C(c2ccccc2)c2ccccc2)c1=O. The van der Waals surface area contributed by atoms with E-state index in [-0.39, 0.29) is 17.0 Å². The number of benzene rings is 3. The minimum absolute atomic E-state index is 0.0917. The molecule has 1 fully saturated rings. The Bertz CT molecular complexity index is 1360. The summed E-state index contributed by atoms with van der Waals surface area (Å²) in [6.45, 7) is 2.64. The van der Waals surface area contributed by atoms with Gasteiger partial charge in [-0.1, -0.05) is 91.0 Å². The van der Waals surface area contributed by atoms with Gasteiger partial charge < -0.3 is 10.0 Å². The Morgan fingerprint density at radius 2 is 1.51 bits per heavy atom. The first-order valence-corrected chi connectivity index (χ1v) is 12.7. The first-order chi connectivity index (χ1) is 18.0. The molecule has 6 nitrogen and oxygen atoms in total. The molecule has 0 saturated carbocycles. The number of hydrogen-bond acceptors (Lipinski definition) is 4. The number of aliphatic hydroxyl groups is 1. The minimum atomic E-state index is -0.840. The van der Waals surface area contributed by atoms with Gasteiger partial charge in [0.25, 0.3) is 5.91 Å². The van der Waals surface area contributed by atoms with Crippen LogP contribution in [0.15, 0.2) is 102 Å². The maximum absolute atomic E-state index is 13.8. The lowest BCUT2D eigenvalue weighted by Crippen LogP contribution is -2.47. The first kappa shape index (κ1) is 24.7. The molecule has 0 radical (unpaired) electrons. The zero-order valence-electron chi connectivity index (χ0n) is 20.9. The molecule has 0 bridgehead atoms. The lowest BCUT2D eigenvalue weighted by Gasteiger charge is -2.34. The van der Waals surface area contributed by atoms with Crippen molar-refractivity contribution >= 4 is 5.91 Å². The van der Waals surface area contributed by atoms with Crippen LogP contribution < -0.4 is 5.43 Å². The normalized spacial score (nSPS) is 16.2. The molecule has 2 atom stereocenters. The molecule has 5 rings (SSSR count). The molecule has 188 valence electrons. The van der Waals surface area contributed by atoms with Gasteiger partial charge in [0.05, 0.1) is 18.7 Å². The number of nitrogens with zero attached hydrogens (tertiary/aromatic N) is 3. The maximum Gasteiger partial charge on any atom is 0.278 e. The van der Waals surface area contributed by atoms with Crippen LogP contribution in [0, 0.1) is 6.92 Å². The zero-order chi connectivity index (χ0) is 25.8. The van der Waals surface area contributed by atoms with Gasteiger partial charge >= 0.3 is 0 Å². The Morgan fingerprint density at radius 1 is 0.946 bits per heavy atom. The van der Waals surface area contributed by atoms with Crippen LogP contribution >= 0.6 is 0 Å². The second-order valence-corrected chi connectivity index (χ2v) is 9.67. The summed E-state index contributed by atoms with van der Waals surface area (Å²) in [6, 6.07) is 29.1. The molecule has 1 aromatic heterocycles. The number of aromatic nitrogens is 2. The van der Waals surface area contributed by atoms with Crippen LogP contribution in [0.5, 0.6) is 0 Å². The van der Waals surface area contributed by atoms with Crippen LogP contribution in [0.3, 0.4) is 0 Å². The van der Waals surface area contributed by atoms with E-state index in [0.717, 1.165) is 23.1 Å². The summed E-state index contributed by atoms with van der Waals surface area (Å²) < 4.78 is 1.65. The molecule has 6 heteroatoms. The highest BCUT2D eigenvalue weighted by molar-refractivity contribution is 5.92. The van der Waals surface area contributed by atoms with Gasteiger partial charge in [0, 0.05) is 24.2 Å². The van der Waals surface area contributed by atoms with Crippen molar-refractivity contribution in [2.45, 2.75) is 44.4 Å². The van der Waals surface area contributed by atoms with Crippen molar-refractivity contribution in [2.75, 3.05) is 6.54 Å². The van der Waals surface area contributed by atoms with Crippen molar-refractivity contribution in [1.82, 2.24) is 14.7 Å². The van der Waals surface area contributed by atoms with Crippen molar-refractivity contribution in [3.8, 4) is 0 Å². The molecule has 0 spiro atoms. The number of amides is 1. The number of aliphatic hydroxyl groups excluding tert-OH is 1. The Balaban J connectivity index is 1.46. The summed E-state index contributed by atoms with van der Waals surface area (Å²) in [4.78, 5) is 28.5. The van der Waals surface area contributed by atoms with E-state index < -0.39 is 18.1 Å². The maximum atomic E-state index is 13.8. The second-order valence-electron chi connectivity index (χ2n) is 9.67. The van der Waals surface area contributed by atoms with Crippen LogP contribution in [0.1, 0.15) is 51.5 Å². The second kappa shape index (κ2) is 10.9. The lowest BCUT2D eigenvalue weighted by atomic mass is 9.83. The minimum Gasteiger partial charge on any atom is -0.390 e. The smallest absolute Gasteiger partial charge is 0.278 e. The zero-order valence-corrected chi connectivity index (χ0v) is 20.9. The van der Waals surface area contributed by atoms with E-state index >= 15 is 0 Å². The average Bonchev–Trinajstić information content (AvgIpc) is 3.42. The van der Waals surface area contributed by atoms with Crippen molar-refractivity contribution < 1.29 is 9.90 Å². The third-order valence-corrected chi connectivity index (χ3v) is 7.15. The summed E-state index contributed by atoms with van der Waals surface area (Å²) in [6.07, 6.45) is 2.26. The van der Waals surface area contributed by atoms with Crippen LogP contribution in [0.4, 0.5) is 0 Å². The van der Waals surface area contributed by atoms with E-state index in [9.17, 15) is 14.7 Å². The van der Waals surface area contributed by atoms with E-state index in [0.29, 0.717) is 25.1 Å². The fraction of sp³-hybridized carbons (Fsp3) is 0.258. The van der Waals surface area contributed by atoms with Gasteiger partial charge in [-0.3, -0.25) is 14.3 Å². The van der Waals surface area contributed by atoms with Crippen LogP contribution in [-0.4, -0.2) is 44.4 Å². The van der Waals surface area contributed by atoms with Gasteiger partial charge in [0.1, 0.15) is 0 Å². The highest BCUT2D eigenvalue weighted by Gasteiger charge is 2.40. The van der Waals surface area contributed by atoms with Crippen LogP contribution in [-0.2, 0) is 6.54 Å². The molecular weight excluding hydrogens is 462 g/mol. The van der Waals surface area contributed by atoms with Crippen molar-refractivity contribution in [1.29, 1.82) is 0 Å². The van der Waals surface area contributed by atoms with Crippen molar-refractivity contribution in [3.63, 3.8) is 0 Å². The molecule has 1 aliphatic rings. The molecular formula is C31H31N3O3. The van der Waals surface area contributed by atoms with Gasteiger partial charge in [-0.15, -0.1) is 0 Å². The molecule has 1 amide bonds. The average molecular weight is 494 g/mol. The molecule has 0 aliphatic carbocycles. The number of carbonyl (C=O) groups excluding carboxylic acids is 1. The van der Waals surface area contributed by atoms with Gasteiger partial charge in [0.2, 0.25) is 5.43 Å². The van der Waals surface area contributed by atoms with Gasteiger partial charge in [-0.25, -0.2) is 0 Å². The van der Waals surface area contributed by atoms with Crippen LogP contribution in [0.25, 0.3) is 0 Å². The van der Waals surface area contributed by atoms with E-state index in [1.807, 2.05) is 91.0 Å². The summed E-state index contributed by atoms with van der Waals surface area (Å²) >= 11 is 0. The van der Waals surface area contributed by atoms with Crippen LogP contribution in [0.2, 0.25) is 0 Å². The quantitative estimate of drug-likeness (QED) is 0.414. The van der Waals surface area contributed by atoms with E-state index in [1.54, 1.807) is 22.7 Å². The molecule has 0 unspecified atom stereocenters. The third kappa shape index (κ3) is 5.25. The summed E-state index contributed by atoms with van der Waals surface area (Å²) in [5, 5.41) is 16.2. The standard InChI is InChI=1S/C31H31N3O3/c1-22-20-33(21-23-12-5-2-6-13-23)32-28(29(22)35)31(37)34-19-11-18-26(34)30(36)27(24-14-7-3-8-15-24)25-16-9-4-10-17-25/h2-10,12-17,20,26-27,30,36H,11,18-19,21H2,1H3/t26-,30-/m0/s1. The molecule has 4 aromatic rings. The van der Waals surface area contributed by atoms with Gasteiger partial charge in [-0.05, 0) is 36.5 Å². The first-order valence-electron chi connectivity index (χ1n) is 12.7. The Labute approximate surface area is 216 Å². The Morgan fingerprint density at radius 3 is 2.11 bits per heavy atom. The number of likely N-dealkylation sites (tertiary alicyclic amines) is 1. The van der Waals surface area contributed by atoms with E-state index in [1.165, 1.54) is 0 Å². The number of hydrogen-bond donors (Lipinski definition) is 1. The molecule has 37 heavy (non-hydrogen) atoms. The Hall–Kier alpha value is -4.03. The highest BCUT2D eigenvalue weighted by atomic mass is 16.3. The summed E-state index contributed by atoms with van der Waals surface area (Å²) in [7, 11) is 0. The van der Waals surface area contributed by atoms with E-state index in [2.05, 4.69) is 5.10 Å². The highest BCUT2D eigenvalue weighted by Crippen LogP contribution is 2.34. The van der Waals surface area contributed by atoms with Gasteiger partial charge in [0.15, 0.2) is 5.69 Å². The third-order valence-electron chi connectivity index (χ3n) is 7.15. The number of carbonyl (C=O) groups is 1. The summed E-state index contributed by atoms with van der Waals surface area (Å²) in [5.41, 5.74) is 3.01. The molecule has 1 N–H and O–H groups in total. The van der Waals surface area contributed by atoms with Crippen molar-refractivity contribution in [3.05, 3.63) is 135 Å². The number of rotatable bonds is 7. The van der Waals surface area contributed by atoms with Crippen molar-refractivity contribution in [2.24, 2.45) is 0 Å². The predicted molar refractivity (Wildman–Crippen MR) is 144 cm³/mol.